The van der Waals surface area contributed by atoms with Crippen LogP contribution in [0, 0.1) is 5.82 Å². The van der Waals surface area contributed by atoms with Gasteiger partial charge in [-0.2, -0.15) is 0 Å². The fourth-order valence-electron chi connectivity index (χ4n) is 1.98. The molecule has 0 aliphatic carbocycles. The molecule has 0 atom stereocenters. The summed E-state index contributed by atoms with van der Waals surface area (Å²) in [6.45, 7) is 1.05. The largest absolute Gasteiger partial charge is 0.383 e. The molecule has 6 heteroatoms. The molecular formula is C14H16FNO3S. The molecule has 1 heterocycles. The van der Waals surface area contributed by atoms with Crippen LogP contribution >= 0.6 is 11.3 Å². The first kappa shape index (κ1) is 14.9. The van der Waals surface area contributed by atoms with Gasteiger partial charge in [0.2, 0.25) is 0 Å². The summed E-state index contributed by atoms with van der Waals surface area (Å²) in [4.78, 5) is 12.7. The van der Waals surface area contributed by atoms with Crippen LogP contribution in [-0.2, 0) is 16.1 Å². The summed E-state index contributed by atoms with van der Waals surface area (Å²) in [6, 6.07) is 4.83. The summed E-state index contributed by atoms with van der Waals surface area (Å²) in [5, 5.41) is 3.22. The van der Waals surface area contributed by atoms with E-state index in [2.05, 4.69) is 5.32 Å². The Labute approximate surface area is 120 Å². The molecule has 0 fully saturated rings. The van der Waals surface area contributed by atoms with Gasteiger partial charge < -0.3 is 14.8 Å². The van der Waals surface area contributed by atoms with E-state index in [9.17, 15) is 9.18 Å². The van der Waals surface area contributed by atoms with Crippen molar-refractivity contribution in [1.82, 2.24) is 5.32 Å². The van der Waals surface area contributed by atoms with E-state index in [-0.39, 0.29) is 18.3 Å². The molecule has 108 valence electrons. The van der Waals surface area contributed by atoms with Gasteiger partial charge in [-0.15, -0.1) is 11.3 Å². The smallest absolute Gasteiger partial charge is 0.261 e. The lowest BCUT2D eigenvalue weighted by atomic mass is 10.1. The Morgan fingerprint density at radius 2 is 2.15 bits per heavy atom. The molecule has 4 nitrogen and oxygen atoms in total. The lowest BCUT2D eigenvalue weighted by molar-refractivity contribution is 0.0937. The van der Waals surface area contributed by atoms with Gasteiger partial charge in [-0.05, 0) is 12.1 Å². The van der Waals surface area contributed by atoms with Crippen molar-refractivity contribution in [3.05, 3.63) is 34.5 Å². The fourth-order valence-corrected chi connectivity index (χ4v) is 3.12. The molecule has 1 aromatic carbocycles. The summed E-state index contributed by atoms with van der Waals surface area (Å²) >= 11 is 1.27. The minimum absolute atomic E-state index is 0.202. The average molecular weight is 297 g/mol. The van der Waals surface area contributed by atoms with E-state index < -0.39 is 0 Å². The highest BCUT2D eigenvalue weighted by molar-refractivity contribution is 7.21. The summed E-state index contributed by atoms with van der Waals surface area (Å²) in [5.74, 6) is -0.559. The number of carbonyl (C=O) groups excluding carboxylic acids is 1. The van der Waals surface area contributed by atoms with Crippen LogP contribution in [0.4, 0.5) is 4.39 Å². The molecule has 2 rings (SSSR count). The third kappa shape index (κ3) is 2.98. The number of benzene rings is 1. The number of methoxy groups -OCH3 is 2. The molecule has 1 amide bonds. The monoisotopic (exact) mass is 297 g/mol. The minimum atomic E-state index is -0.332. The number of hydrogen-bond donors (Lipinski definition) is 1. The lowest BCUT2D eigenvalue weighted by Gasteiger charge is -2.05. The van der Waals surface area contributed by atoms with Gasteiger partial charge in [0.05, 0.1) is 18.1 Å². The van der Waals surface area contributed by atoms with Crippen LogP contribution in [0.2, 0.25) is 0 Å². The number of halogens is 1. The van der Waals surface area contributed by atoms with Crippen LogP contribution in [0.1, 0.15) is 15.2 Å². The van der Waals surface area contributed by atoms with E-state index >= 15 is 0 Å². The standard InChI is InChI=1S/C14H16FNO3S/c1-18-7-6-16-14(17)13-9(8-19-2)12-10(15)4-3-5-11(12)20-13/h3-5H,6-8H2,1-2H3,(H,16,17). The van der Waals surface area contributed by atoms with Crippen molar-refractivity contribution < 1.29 is 18.7 Å². The molecule has 0 spiro atoms. The maximum atomic E-state index is 14.0. The first-order valence-electron chi connectivity index (χ1n) is 6.15. The van der Waals surface area contributed by atoms with Gasteiger partial charge in [-0.1, -0.05) is 6.07 Å². The van der Waals surface area contributed by atoms with Crippen LogP contribution in [0.15, 0.2) is 18.2 Å². The van der Waals surface area contributed by atoms with Crippen LogP contribution in [-0.4, -0.2) is 33.3 Å². The van der Waals surface area contributed by atoms with Gasteiger partial charge in [0.1, 0.15) is 5.82 Å². The van der Waals surface area contributed by atoms with Gasteiger partial charge in [0, 0.05) is 36.4 Å². The molecule has 0 aliphatic rings. The quantitative estimate of drug-likeness (QED) is 0.834. The second kappa shape index (κ2) is 6.78. The third-order valence-electron chi connectivity index (χ3n) is 2.85. The molecular weight excluding hydrogens is 281 g/mol. The van der Waals surface area contributed by atoms with Crippen molar-refractivity contribution in [3.8, 4) is 0 Å². The highest BCUT2D eigenvalue weighted by Gasteiger charge is 2.20. The van der Waals surface area contributed by atoms with Gasteiger partial charge in [0.15, 0.2) is 0 Å². The topological polar surface area (TPSA) is 47.6 Å². The number of fused-ring (bicyclic) bond motifs is 1. The lowest BCUT2D eigenvalue weighted by Crippen LogP contribution is -2.27. The van der Waals surface area contributed by atoms with Crippen molar-refractivity contribution in [2.45, 2.75) is 6.61 Å². The summed E-state index contributed by atoms with van der Waals surface area (Å²) in [5.41, 5.74) is 0.598. The molecule has 0 saturated heterocycles. The zero-order chi connectivity index (χ0) is 14.5. The molecule has 20 heavy (non-hydrogen) atoms. The zero-order valence-electron chi connectivity index (χ0n) is 11.4. The number of hydrogen-bond acceptors (Lipinski definition) is 4. The molecule has 0 saturated carbocycles. The highest BCUT2D eigenvalue weighted by Crippen LogP contribution is 2.33. The number of thiophene rings is 1. The van der Waals surface area contributed by atoms with E-state index in [1.165, 1.54) is 24.5 Å². The van der Waals surface area contributed by atoms with Crippen LogP contribution in [0.3, 0.4) is 0 Å². The molecule has 0 radical (unpaired) electrons. The van der Waals surface area contributed by atoms with Crippen LogP contribution in [0.5, 0.6) is 0 Å². The molecule has 0 bridgehead atoms. The Morgan fingerprint density at radius 1 is 1.35 bits per heavy atom. The molecule has 1 N–H and O–H groups in total. The molecule has 2 aromatic rings. The highest BCUT2D eigenvalue weighted by atomic mass is 32.1. The predicted octanol–water partition coefficient (Wildman–Crippen LogP) is 2.56. The van der Waals surface area contributed by atoms with E-state index in [0.29, 0.717) is 29.0 Å². The second-order valence-corrected chi connectivity index (χ2v) is 5.26. The Kier molecular flexibility index (Phi) is 5.05. The van der Waals surface area contributed by atoms with E-state index in [4.69, 9.17) is 9.47 Å². The Balaban J connectivity index is 2.39. The summed E-state index contributed by atoms with van der Waals surface area (Å²) in [6.07, 6.45) is 0. The number of amides is 1. The summed E-state index contributed by atoms with van der Waals surface area (Å²) < 4.78 is 24.7. The fraction of sp³-hybridized carbons (Fsp3) is 0.357. The Morgan fingerprint density at radius 3 is 2.85 bits per heavy atom. The number of rotatable bonds is 6. The first-order valence-corrected chi connectivity index (χ1v) is 6.96. The minimum Gasteiger partial charge on any atom is -0.383 e. The Bertz CT molecular complexity index is 612. The molecule has 1 aromatic heterocycles. The first-order chi connectivity index (χ1) is 9.69. The molecule has 0 unspecified atom stereocenters. The van der Waals surface area contributed by atoms with Crippen molar-refractivity contribution in [1.29, 1.82) is 0 Å². The number of carbonyl (C=O) groups is 1. The third-order valence-corrected chi connectivity index (χ3v) is 4.05. The van der Waals surface area contributed by atoms with Crippen molar-refractivity contribution in [3.63, 3.8) is 0 Å². The normalized spacial score (nSPS) is 10.9. The Hall–Kier alpha value is -1.50. The van der Waals surface area contributed by atoms with Crippen molar-refractivity contribution >= 4 is 27.3 Å². The van der Waals surface area contributed by atoms with Gasteiger partial charge in [-0.25, -0.2) is 4.39 Å². The van der Waals surface area contributed by atoms with Gasteiger partial charge in [0.25, 0.3) is 5.91 Å². The van der Waals surface area contributed by atoms with E-state index in [1.807, 2.05) is 0 Å². The van der Waals surface area contributed by atoms with Crippen LogP contribution in [0.25, 0.3) is 10.1 Å². The maximum absolute atomic E-state index is 14.0. The van der Waals surface area contributed by atoms with Gasteiger partial charge in [-0.3, -0.25) is 4.79 Å². The van der Waals surface area contributed by atoms with E-state index in [0.717, 1.165) is 4.70 Å². The number of nitrogens with one attached hydrogen (secondary N) is 1. The number of ether oxygens (including phenoxy) is 2. The maximum Gasteiger partial charge on any atom is 0.261 e. The molecule has 0 aliphatic heterocycles. The predicted molar refractivity (Wildman–Crippen MR) is 76.7 cm³/mol. The second-order valence-electron chi connectivity index (χ2n) is 4.20. The van der Waals surface area contributed by atoms with Crippen molar-refractivity contribution in [2.75, 3.05) is 27.4 Å². The van der Waals surface area contributed by atoms with Crippen LogP contribution < -0.4 is 5.32 Å². The summed E-state index contributed by atoms with van der Waals surface area (Å²) in [7, 11) is 3.09. The zero-order valence-corrected chi connectivity index (χ0v) is 12.2. The van der Waals surface area contributed by atoms with Gasteiger partial charge >= 0.3 is 0 Å². The average Bonchev–Trinajstić information content (AvgIpc) is 2.80. The SMILES string of the molecule is COCCNC(=O)c1sc2cccc(F)c2c1COC. The van der Waals surface area contributed by atoms with E-state index in [1.54, 1.807) is 19.2 Å². The van der Waals surface area contributed by atoms with Crippen molar-refractivity contribution in [2.24, 2.45) is 0 Å².